The van der Waals surface area contributed by atoms with Gasteiger partial charge in [0.25, 0.3) is 15.9 Å². The zero-order chi connectivity index (χ0) is 26.5. The maximum absolute atomic E-state index is 13.6. The second-order valence-electron chi connectivity index (χ2n) is 8.97. The van der Waals surface area contributed by atoms with Gasteiger partial charge in [-0.2, -0.15) is 0 Å². The lowest BCUT2D eigenvalue weighted by Gasteiger charge is -2.25. The molecule has 7 nitrogen and oxygen atoms in total. The average molecular weight is 508 g/mol. The molecule has 0 unspecified atom stereocenters. The summed E-state index contributed by atoms with van der Waals surface area (Å²) in [4.78, 5) is 26.0. The minimum absolute atomic E-state index is 0.0267. The molecule has 0 radical (unpaired) electrons. The first-order valence-corrected chi connectivity index (χ1v) is 13.3. The van der Waals surface area contributed by atoms with Gasteiger partial charge < -0.3 is 10.6 Å². The molecule has 0 aliphatic rings. The van der Waals surface area contributed by atoms with E-state index in [-0.39, 0.29) is 16.8 Å². The van der Waals surface area contributed by atoms with Gasteiger partial charge in [0.1, 0.15) is 6.54 Å². The van der Waals surface area contributed by atoms with Crippen LogP contribution in [0, 0.1) is 20.8 Å². The highest BCUT2D eigenvalue weighted by molar-refractivity contribution is 7.92. The fraction of sp³-hybridized carbons (Fsp3) is 0.286. The van der Waals surface area contributed by atoms with Crippen LogP contribution in [0.5, 0.6) is 0 Å². The van der Waals surface area contributed by atoms with Crippen LogP contribution in [-0.4, -0.2) is 32.8 Å². The summed E-state index contributed by atoms with van der Waals surface area (Å²) in [5.74, 6) is -0.869. The molecular formula is C28H33N3O4S. The van der Waals surface area contributed by atoms with Crippen LogP contribution in [0.1, 0.15) is 47.3 Å². The van der Waals surface area contributed by atoms with E-state index in [4.69, 9.17) is 0 Å². The number of sulfonamides is 1. The van der Waals surface area contributed by atoms with Crippen molar-refractivity contribution in [2.24, 2.45) is 0 Å². The third-order valence-electron chi connectivity index (χ3n) is 6.11. The van der Waals surface area contributed by atoms with Gasteiger partial charge in [0.05, 0.1) is 21.8 Å². The molecule has 36 heavy (non-hydrogen) atoms. The summed E-state index contributed by atoms with van der Waals surface area (Å²) in [5, 5.41) is 5.63. The van der Waals surface area contributed by atoms with Crippen LogP contribution < -0.4 is 14.9 Å². The maximum Gasteiger partial charge on any atom is 0.264 e. The molecule has 0 aromatic heterocycles. The van der Waals surface area contributed by atoms with E-state index in [2.05, 4.69) is 10.6 Å². The number of nitrogens with one attached hydrogen (secondary N) is 2. The molecule has 0 saturated heterocycles. The Morgan fingerprint density at radius 3 is 2.22 bits per heavy atom. The quantitative estimate of drug-likeness (QED) is 0.427. The summed E-state index contributed by atoms with van der Waals surface area (Å²) in [6.45, 7) is 9.11. The van der Waals surface area contributed by atoms with Crippen molar-refractivity contribution in [2.75, 3.05) is 16.2 Å². The number of aryl methyl sites for hydroxylation is 3. The van der Waals surface area contributed by atoms with Crippen molar-refractivity contribution in [3.63, 3.8) is 0 Å². The van der Waals surface area contributed by atoms with Crippen molar-refractivity contribution in [2.45, 2.75) is 52.0 Å². The molecule has 0 fully saturated rings. The van der Waals surface area contributed by atoms with E-state index in [1.807, 2.05) is 40.7 Å². The predicted octanol–water partition coefficient (Wildman–Crippen LogP) is 4.97. The zero-order valence-electron chi connectivity index (χ0n) is 21.3. The van der Waals surface area contributed by atoms with Gasteiger partial charge in [0.2, 0.25) is 5.91 Å². The highest BCUT2D eigenvalue weighted by atomic mass is 32.2. The zero-order valence-corrected chi connectivity index (χ0v) is 22.1. The molecule has 0 bridgehead atoms. The average Bonchev–Trinajstić information content (AvgIpc) is 2.84. The Morgan fingerprint density at radius 1 is 0.917 bits per heavy atom. The summed E-state index contributed by atoms with van der Waals surface area (Å²) in [6, 6.07) is 18.4. The van der Waals surface area contributed by atoms with Crippen molar-refractivity contribution in [3.8, 4) is 0 Å². The van der Waals surface area contributed by atoms with Crippen LogP contribution in [0.3, 0.4) is 0 Å². The van der Waals surface area contributed by atoms with Crippen molar-refractivity contribution >= 4 is 33.2 Å². The Balaban J connectivity index is 1.94. The molecule has 0 spiro atoms. The van der Waals surface area contributed by atoms with Crippen LogP contribution in [-0.2, 0) is 14.8 Å². The SMILES string of the molecule is CC[C@@H](C)NC(=O)c1ccccc1NC(=O)CN(c1ccc(C)c(C)c1)S(=O)(=O)c1ccc(C)cc1. The van der Waals surface area contributed by atoms with Gasteiger partial charge in [0.15, 0.2) is 0 Å². The minimum Gasteiger partial charge on any atom is -0.350 e. The standard InChI is InChI=1S/C28H33N3O4S/c1-6-22(5)29-28(33)25-9-7-8-10-26(25)30-27(32)18-31(23-14-13-20(3)21(4)17-23)36(34,35)24-15-11-19(2)12-16-24/h7-17,22H,6,18H2,1-5H3,(H,29,33)(H,30,32)/t22-/m1/s1. The second-order valence-corrected chi connectivity index (χ2v) is 10.8. The Bertz CT molecular complexity index is 1350. The van der Waals surface area contributed by atoms with Crippen LogP contribution in [0.15, 0.2) is 71.6 Å². The lowest BCUT2D eigenvalue weighted by Crippen LogP contribution is -2.38. The number of hydrogen-bond acceptors (Lipinski definition) is 4. The number of hydrogen-bond donors (Lipinski definition) is 2. The first kappa shape index (κ1) is 26.9. The van der Waals surface area contributed by atoms with Crippen LogP contribution in [0.25, 0.3) is 0 Å². The van der Waals surface area contributed by atoms with Crippen molar-refractivity contribution in [1.82, 2.24) is 5.32 Å². The van der Waals surface area contributed by atoms with E-state index < -0.39 is 22.5 Å². The number of carbonyl (C=O) groups excluding carboxylic acids is 2. The Morgan fingerprint density at radius 2 is 1.58 bits per heavy atom. The third kappa shape index (κ3) is 6.31. The third-order valence-corrected chi connectivity index (χ3v) is 7.90. The minimum atomic E-state index is -4.04. The summed E-state index contributed by atoms with van der Waals surface area (Å²) < 4.78 is 28.4. The summed E-state index contributed by atoms with van der Waals surface area (Å²) in [6.07, 6.45) is 0.766. The lowest BCUT2D eigenvalue weighted by atomic mass is 10.1. The largest absolute Gasteiger partial charge is 0.350 e. The summed E-state index contributed by atoms with van der Waals surface area (Å²) in [5.41, 5.74) is 3.86. The molecule has 0 aliphatic carbocycles. The summed E-state index contributed by atoms with van der Waals surface area (Å²) >= 11 is 0. The van der Waals surface area contributed by atoms with Gasteiger partial charge in [-0.25, -0.2) is 8.42 Å². The Labute approximate surface area is 213 Å². The molecule has 3 aromatic rings. The molecule has 0 saturated carbocycles. The lowest BCUT2D eigenvalue weighted by molar-refractivity contribution is -0.114. The number of rotatable bonds is 9. The molecule has 190 valence electrons. The van der Waals surface area contributed by atoms with Gasteiger partial charge in [-0.1, -0.05) is 42.8 Å². The normalized spacial score (nSPS) is 12.0. The van der Waals surface area contributed by atoms with Crippen molar-refractivity contribution in [1.29, 1.82) is 0 Å². The predicted molar refractivity (Wildman–Crippen MR) is 144 cm³/mol. The number of para-hydroxylation sites is 1. The van der Waals surface area contributed by atoms with E-state index in [0.717, 1.165) is 27.4 Å². The molecule has 3 aromatic carbocycles. The van der Waals surface area contributed by atoms with E-state index in [1.54, 1.807) is 48.5 Å². The highest BCUT2D eigenvalue weighted by Gasteiger charge is 2.28. The monoisotopic (exact) mass is 507 g/mol. The van der Waals surface area contributed by atoms with Crippen LogP contribution >= 0.6 is 0 Å². The Hall–Kier alpha value is -3.65. The van der Waals surface area contributed by atoms with Gasteiger partial charge in [-0.3, -0.25) is 13.9 Å². The molecule has 0 heterocycles. The van der Waals surface area contributed by atoms with E-state index in [0.29, 0.717) is 16.9 Å². The van der Waals surface area contributed by atoms with E-state index in [9.17, 15) is 18.0 Å². The number of amides is 2. The second kappa shape index (κ2) is 11.4. The molecule has 0 aliphatic heterocycles. The fourth-order valence-corrected chi connectivity index (χ4v) is 4.96. The number of anilines is 2. The van der Waals surface area contributed by atoms with Crippen molar-refractivity contribution in [3.05, 3.63) is 89.0 Å². The van der Waals surface area contributed by atoms with Gasteiger partial charge >= 0.3 is 0 Å². The molecule has 1 atom stereocenters. The van der Waals surface area contributed by atoms with Crippen LogP contribution in [0.4, 0.5) is 11.4 Å². The topological polar surface area (TPSA) is 95.6 Å². The fourth-order valence-electron chi connectivity index (χ4n) is 3.55. The first-order valence-electron chi connectivity index (χ1n) is 11.9. The molecule has 8 heteroatoms. The molecule has 2 N–H and O–H groups in total. The van der Waals surface area contributed by atoms with E-state index in [1.165, 1.54) is 12.1 Å². The number of nitrogens with zero attached hydrogens (tertiary/aromatic N) is 1. The van der Waals surface area contributed by atoms with E-state index >= 15 is 0 Å². The number of benzene rings is 3. The smallest absolute Gasteiger partial charge is 0.264 e. The maximum atomic E-state index is 13.6. The first-order chi connectivity index (χ1) is 17.0. The van der Waals surface area contributed by atoms with Crippen molar-refractivity contribution < 1.29 is 18.0 Å². The number of carbonyl (C=O) groups is 2. The van der Waals surface area contributed by atoms with Gasteiger partial charge in [-0.15, -0.1) is 0 Å². The van der Waals surface area contributed by atoms with Crippen LogP contribution in [0.2, 0.25) is 0 Å². The molecule has 2 amide bonds. The highest BCUT2D eigenvalue weighted by Crippen LogP contribution is 2.26. The van der Waals surface area contributed by atoms with Gasteiger partial charge in [0, 0.05) is 6.04 Å². The van der Waals surface area contributed by atoms with Gasteiger partial charge in [-0.05, 0) is 81.6 Å². The summed E-state index contributed by atoms with van der Waals surface area (Å²) in [7, 11) is -4.04. The Kier molecular flexibility index (Phi) is 8.53. The molecular weight excluding hydrogens is 474 g/mol. The molecule has 3 rings (SSSR count).